The second-order valence-electron chi connectivity index (χ2n) is 5.22. The van der Waals surface area contributed by atoms with Gasteiger partial charge >= 0.3 is 0 Å². The van der Waals surface area contributed by atoms with Gasteiger partial charge in [-0.3, -0.25) is 9.69 Å². The molecule has 3 atom stereocenters. The molecule has 2 saturated heterocycles. The Kier molecular flexibility index (Phi) is 3.82. The minimum atomic E-state index is 0.0993. The van der Waals surface area contributed by atoms with E-state index in [4.69, 9.17) is 0 Å². The third kappa shape index (κ3) is 2.95. The highest BCUT2D eigenvalue weighted by molar-refractivity contribution is 5.73. The Morgan fingerprint density at radius 3 is 2.81 bits per heavy atom. The number of carbonyl (C=O) groups is 1. The van der Waals surface area contributed by atoms with E-state index in [2.05, 4.69) is 22.5 Å². The number of hydrogen-bond donors (Lipinski definition) is 2. The van der Waals surface area contributed by atoms with Crippen LogP contribution < -0.4 is 10.6 Å². The molecular formula is C12H23N3O. The first-order valence-electron chi connectivity index (χ1n) is 6.39. The van der Waals surface area contributed by atoms with Crippen molar-refractivity contribution in [2.45, 2.75) is 51.2 Å². The first kappa shape index (κ1) is 11.9. The molecule has 4 heteroatoms. The lowest BCUT2D eigenvalue weighted by molar-refractivity contribution is -0.119. The maximum Gasteiger partial charge on any atom is 0.217 e. The Morgan fingerprint density at radius 2 is 2.19 bits per heavy atom. The zero-order valence-electron chi connectivity index (χ0n) is 10.3. The van der Waals surface area contributed by atoms with Crippen molar-refractivity contribution in [1.82, 2.24) is 15.5 Å². The Hall–Kier alpha value is -0.610. The van der Waals surface area contributed by atoms with Gasteiger partial charge in [-0.15, -0.1) is 0 Å². The number of rotatable bonds is 2. The molecular weight excluding hydrogens is 202 g/mol. The van der Waals surface area contributed by atoms with Crippen LogP contribution in [0.25, 0.3) is 0 Å². The maximum atomic E-state index is 11.0. The minimum Gasteiger partial charge on any atom is -0.352 e. The van der Waals surface area contributed by atoms with Crippen LogP contribution in [0.1, 0.15) is 33.1 Å². The summed E-state index contributed by atoms with van der Waals surface area (Å²) in [5.41, 5.74) is 0. The number of hydrogen-bond acceptors (Lipinski definition) is 3. The molecule has 3 unspecified atom stereocenters. The van der Waals surface area contributed by atoms with Gasteiger partial charge in [0.15, 0.2) is 0 Å². The van der Waals surface area contributed by atoms with E-state index in [0.717, 1.165) is 26.1 Å². The lowest BCUT2D eigenvalue weighted by Crippen LogP contribution is -2.49. The van der Waals surface area contributed by atoms with Crippen LogP contribution in [0.15, 0.2) is 0 Å². The number of nitrogens with zero attached hydrogens (tertiary/aromatic N) is 1. The maximum absolute atomic E-state index is 11.0. The normalized spacial score (nSPS) is 36.2. The smallest absolute Gasteiger partial charge is 0.217 e. The van der Waals surface area contributed by atoms with Crippen molar-refractivity contribution >= 4 is 5.91 Å². The highest BCUT2D eigenvalue weighted by Crippen LogP contribution is 2.19. The largest absolute Gasteiger partial charge is 0.352 e. The summed E-state index contributed by atoms with van der Waals surface area (Å²) < 4.78 is 0. The van der Waals surface area contributed by atoms with E-state index in [1.807, 2.05) is 0 Å². The topological polar surface area (TPSA) is 44.4 Å². The number of amides is 1. The van der Waals surface area contributed by atoms with E-state index in [1.165, 1.54) is 12.8 Å². The molecule has 4 nitrogen and oxygen atoms in total. The van der Waals surface area contributed by atoms with E-state index < -0.39 is 0 Å². The molecule has 92 valence electrons. The summed E-state index contributed by atoms with van der Waals surface area (Å²) in [7, 11) is 0. The number of carbonyl (C=O) groups excluding carboxylic acids is 1. The summed E-state index contributed by atoms with van der Waals surface area (Å²) in [6.07, 6.45) is 3.67. The van der Waals surface area contributed by atoms with Crippen LogP contribution in [-0.4, -0.2) is 48.6 Å². The quantitative estimate of drug-likeness (QED) is 0.712. The Bertz CT molecular complexity index is 249. The van der Waals surface area contributed by atoms with E-state index in [-0.39, 0.29) is 5.91 Å². The molecule has 0 spiro atoms. The molecule has 0 aromatic carbocycles. The number of likely N-dealkylation sites (tertiary alicyclic amines) is 1. The fourth-order valence-electron chi connectivity index (χ4n) is 2.82. The van der Waals surface area contributed by atoms with Gasteiger partial charge in [-0.2, -0.15) is 0 Å². The molecule has 2 heterocycles. The third-order valence-corrected chi connectivity index (χ3v) is 3.78. The van der Waals surface area contributed by atoms with Crippen molar-refractivity contribution in [3.05, 3.63) is 0 Å². The van der Waals surface area contributed by atoms with Gasteiger partial charge in [0.25, 0.3) is 0 Å². The van der Waals surface area contributed by atoms with Crippen LogP contribution in [0.5, 0.6) is 0 Å². The molecule has 0 bridgehead atoms. The van der Waals surface area contributed by atoms with Crippen LogP contribution in [0, 0.1) is 0 Å². The SMILES string of the molecule is CC(=O)NC1CCN(C2CCC(C)NC2)C1. The van der Waals surface area contributed by atoms with Gasteiger partial charge in [0.2, 0.25) is 5.91 Å². The summed E-state index contributed by atoms with van der Waals surface area (Å²) >= 11 is 0. The zero-order valence-corrected chi connectivity index (χ0v) is 10.3. The zero-order chi connectivity index (χ0) is 11.5. The van der Waals surface area contributed by atoms with Gasteiger partial charge in [0, 0.05) is 44.7 Å². The number of nitrogens with one attached hydrogen (secondary N) is 2. The van der Waals surface area contributed by atoms with Crippen molar-refractivity contribution in [2.75, 3.05) is 19.6 Å². The molecule has 1 amide bonds. The van der Waals surface area contributed by atoms with Crippen LogP contribution in [0.2, 0.25) is 0 Å². The molecule has 0 aliphatic carbocycles. The van der Waals surface area contributed by atoms with Crippen molar-refractivity contribution in [1.29, 1.82) is 0 Å². The van der Waals surface area contributed by atoms with E-state index in [0.29, 0.717) is 18.1 Å². The van der Waals surface area contributed by atoms with Gasteiger partial charge in [0.05, 0.1) is 0 Å². The van der Waals surface area contributed by atoms with Crippen molar-refractivity contribution in [3.8, 4) is 0 Å². The summed E-state index contributed by atoms with van der Waals surface area (Å²) in [6, 6.07) is 1.72. The average Bonchev–Trinajstić information content (AvgIpc) is 2.66. The summed E-state index contributed by atoms with van der Waals surface area (Å²) in [5, 5.41) is 6.55. The van der Waals surface area contributed by atoms with E-state index >= 15 is 0 Å². The second-order valence-corrected chi connectivity index (χ2v) is 5.22. The van der Waals surface area contributed by atoms with Crippen molar-refractivity contribution < 1.29 is 4.79 Å². The average molecular weight is 225 g/mol. The monoisotopic (exact) mass is 225 g/mol. The molecule has 2 fully saturated rings. The molecule has 2 aliphatic heterocycles. The van der Waals surface area contributed by atoms with Gasteiger partial charge in [-0.05, 0) is 26.2 Å². The van der Waals surface area contributed by atoms with Crippen LogP contribution in [0.4, 0.5) is 0 Å². The predicted molar refractivity (Wildman–Crippen MR) is 64.3 cm³/mol. The van der Waals surface area contributed by atoms with Gasteiger partial charge in [-0.1, -0.05) is 0 Å². The second kappa shape index (κ2) is 5.15. The van der Waals surface area contributed by atoms with Gasteiger partial charge in [0.1, 0.15) is 0 Å². The first-order valence-corrected chi connectivity index (χ1v) is 6.39. The molecule has 2 aliphatic rings. The summed E-state index contributed by atoms with van der Waals surface area (Å²) in [5.74, 6) is 0.0993. The van der Waals surface area contributed by atoms with Gasteiger partial charge < -0.3 is 10.6 Å². The molecule has 2 rings (SSSR count). The van der Waals surface area contributed by atoms with Crippen molar-refractivity contribution in [2.24, 2.45) is 0 Å². The first-order chi connectivity index (χ1) is 7.65. The van der Waals surface area contributed by atoms with Crippen LogP contribution in [0.3, 0.4) is 0 Å². The molecule has 0 radical (unpaired) electrons. The fraction of sp³-hybridized carbons (Fsp3) is 0.917. The Labute approximate surface area is 97.8 Å². The lowest BCUT2D eigenvalue weighted by Gasteiger charge is -2.34. The van der Waals surface area contributed by atoms with E-state index in [1.54, 1.807) is 6.92 Å². The van der Waals surface area contributed by atoms with Crippen LogP contribution in [-0.2, 0) is 4.79 Å². The molecule has 16 heavy (non-hydrogen) atoms. The lowest BCUT2D eigenvalue weighted by atomic mass is 10.0. The highest BCUT2D eigenvalue weighted by atomic mass is 16.1. The van der Waals surface area contributed by atoms with E-state index in [9.17, 15) is 4.79 Å². The molecule has 0 aromatic heterocycles. The molecule has 2 N–H and O–H groups in total. The Balaban J connectivity index is 1.77. The summed E-state index contributed by atoms with van der Waals surface area (Å²) in [6.45, 7) is 7.12. The molecule has 0 aromatic rings. The fourth-order valence-corrected chi connectivity index (χ4v) is 2.82. The van der Waals surface area contributed by atoms with Gasteiger partial charge in [-0.25, -0.2) is 0 Å². The highest BCUT2D eigenvalue weighted by Gasteiger charge is 2.30. The third-order valence-electron chi connectivity index (χ3n) is 3.78. The standard InChI is InChI=1S/C12H23N3O/c1-9-3-4-12(7-13-9)15-6-5-11(8-15)14-10(2)16/h9,11-13H,3-8H2,1-2H3,(H,14,16). The Morgan fingerprint density at radius 1 is 1.38 bits per heavy atom. The summed E-state index contributed by atoms with van der Waals surface area (Å²) in [4.78, 5) is 13.5. The molecule has 0 saturated carbocycles. The minimum absolute atomic E-state index is 0.0993. The predicted octanol–water partition coefficient (Wildman–Crippen LogP) is 0.337. The van der Waals surface area contributed by atoms with Crippen molar-refractivity contribution in [3.63, 3.8) is 0 Å². The van der Waals surface area contributed by atoms with Crippen LogP contribution >= 0.6 is 0 Å². The number of piperidine rings is 1.